The minimum Gasteiger partial charge on any atom is -0.317 e. The molecule has 2 fully saturated rings. The smallest absolute Gasteiger partial charge is 0.0121 e. The summed E-state index contributed by atoms with van der Waals surface area (Å²) in [5, 5.41) is 3.51. The first kappa shape index (κ1) is 11.4. The number of nitrogens with zero attached hydrogens (tertiary/aromatic N) is 1. The van der Waals surface area contributed by atoms with Crippen molar-refractivity contribution in [1.82, 2.24) is 10.2 Å². The SMILES string of the molecule is CCC(C1CC1)N(C)C1CCCNCC1. The van der Waals surface area contributed by atoms with Crippen molar-refractivity contribution in [3.05, 3.63) is 0 Å². The lowest BCUT2D eigenvalue weighted by atomic mass is 10.0. The van der Waals surface area contributed by atoms with Crippen molar-refractivity contribution in [3.8, 4) is 0 Å². The third-order valence-corrected chi connectivity index (χ3v) is 4.23. The molecule has 0 radical (unpaired) electrons. The average Bonchev–Trinajstić information content (AvgIpc) is 3.05. The molecule has 1 N–H and O–H groups in total. The minimum atomic E-state index is 0.838. The van der Waals surface area contributed by atoms with Crippen molar-refractivity contribution in [1.29, 1.82) is 0 Å². The predicted molar refractivity (Wildman–Crippen MR) is 65.1 cm³/mol. The van der Waals surface area contributed by atoms with Gasteiger partial charge in [0.1, 0.15) is 0 Å². The number of rotatable bonds is 4. The van der Waals surface area contributed by atoms with E-state index in [0.29, 0.717) is 0 Å². The van der Waals surface area contributed by atoms with E-state index in [1.807, 2.05) is 0 Å². The topological polar surface area (TPSA) is 15.3 Å². The van der Waals surface area contributed by atoms with Crippen LogP contribution in [0, 0.1) is 5.92 Å². The summed E-state index contributed by atoms with van der Waals surface area (Å²) < 4.78 is 0. The van der Waals surface area contributed by atoms with Crippen molar-refractivity contribution >= 4 is 0 Å². The lowest BCUT2D eigenvalue weighted by molar-refractivity contribution is 0.139. The second-order valence-corrected chi connectivity index (χ2v) is 5.31. The first-order valence-electron chi connectivity index (χ1n) is 6.75. The average molecular weight is 210 g/mol. The summed E-state index contributed by atoms with van der Waals surface area (Å²) in [5.74, 6) is 1.02. The van der Waals surface area contributed by atoms with Crippen LogP contribution >= 0.6 is 0 Å². The molecular formula is C13H26N2. The van der Waals surface area contributed by atoms with Gasteiger partial charge in [-0.3, -0.25) is 0 Å². The highest BCUT2D eigenvalue weighted by Gasteiger charge is 2.34. The molecule has 2 rings (SSSR count). The lowest BCUT2D eigenvalue weighted by Gasteiger charge is -2.34. The zero-order valence-electron chi connectivity index (χ0n) is 10.3. The molecule has 1 heterocycles. The number of hydrogen-bond acceptors (Lipinski definition) is 2. The van der Waals surface area contributed by atoms with Crippen molar-refractivity contribution in [3.63, 3.8) is 0 Å². The second-order valence-electron chi connectivity index (χ2n) is 5.31. The first-order valence-corrected chi connectivity index (χ1v) is 6.75. The van der Waals surface area contributed by atoms with Crippen LogP contribution in [-0.4, -0.2) is 37.1 Å². The molecule has 0 amide bonds. The summed E-state index contributed by atoms with van der Waals surface area (Å²) in [4.78, 5) is 2.70. The Morgan fingerprint density at radius 1 is 1.20 bits per heavy atom. The van der Waals surface area contributed by atoms with Gasteiger partial charge in [-0.2, -0.15) is 0 Å². The first-order chi connectivity index (χ1) is 7.33. The maximum absolute atomic E-state index is 3.51. The van der Waals surface area contributed by atoms with E-state index in [4.69, 9.17) is 0 Å². The van der Waals surface area contributed by atoms with Crippen LogP contribution in [0.25, 0.3) is 0 Å². The Bertz CT molecular complexity index is 181. The quantitative estimate of drug-likeness (QED) is 0.765. The highest BCUT2D eigenvalue weighted by molar-refractivity contribution is 4.89. The molecule has 1 aliphatic carbocycles. The summed E-state index contributed by atoms with van der Waals surface area (Å²) in [6, 6.07) is 1.71. The molecule has 2 nitrogen and oxygen atoms in total. The van der Waals surface area contributed by atoms with Crippen LogP contribution < -0.4 is 5.32 Å². The zero-order valence-corrected chi connectivity index (χ0v) is 10.3. The number of nitrogens with one attached hydrogen (secondary N) is 1. The molecule has 2 atom stereocenters. The van der Waals surface area contributed by atoms with Crippen LogP contribution in [0.3, 0.4) is 0 Å². The van der Waals surface area contributed by atoms with Gasteiger partial charge in [-0.05, 0) is 64.6 Å². The fourth-order valence-corrected chi connectivity index (χ4v) is 3.11. The van der Waals surface area contributed by atoms with Gasteiger partial charge in [0.05, 0.1) is 0 Å². The van der Waals surface area contributed by atoms with Crippen LogP contribution in [0.1, 0.15) is 45.4 Å². The third kappa shape index (κ3) is 2.94. The molecule has 0 bridgehead atoms. The molecule has 0 aromatic carbocycles. The van der Waals surface area contributed by atoms with Crippen LogP contribution in [0.4, 0.5) is 0 Å². The van der Waals surface area contributed by atoms with Crippen molar-refractivity contribution in [2.24, 2.45) is 5.92 Å². The van der Waals surface area contributed by atoms with Gasteiger partial charge in [0.25, 0.3) is 0 Å². The molecule has 1 aliphatic heterocycles. The van der Waals surface area contributed by atoms with E-state index in [0.717, 1.165) is 18.0 Å². The normalized spacial score (nSPS) is 30.2. The predicted octanol–water partition coefficient (Wildman–Crippen LogP) is 2.25. The summed E-state index contributed by atoms with van der Waals surface area (Å²) in [6.07, 6.45) is 8.40. The maximum Gasteiger partial charge on any atom is 0.0121 e. The van der Waals surface area contributed by atoms with E-state index in [9.17, 15) is 0 Å². The molecular weight excluding hydrogens is 184 g/mol. The lowest BCUT2D eigenvalue weighted by Crippen LogP contribution is -2.41. The van der Waals surface area contributed by atoms with E-state index in [1.165, 1.54) is 51.6 Å². The van der Waals surface area contributed by atoms with E-state index < -0.39 is 0 Å². The highest BCUT2D eigenvalue weighted by Crippen LogP contribution is 2.37. The standard InChI is InChI=1S/C13H26N2/c1-3-13(11-6-7-11)15(2)12-5-4-9-14-10-8-12/h11-14H,3-10H2,1-2H3. The molecule has 0 spiro atoms. The van der Waals surface area contributed by atoms with Gasteiger partial charge in [0.15, 0.2) is 0 Å². The maximum atomic E-state index is 3.51. The molecule has 1 saturated carbocycles. The van der Waals surface area contributed by atoms with Crippen molar-refractivity contribution < 1.29 is 0 Å². The Morgan fingerprint density at radius 3 is 2.67 bits per heavy atom. The van der Waals surface area contributed by atoms with E-state index in [2.05, 4.69) is 24.2 Å². The molecule has 2 aliphatic rings. The molecule has 2 unspecified atom stereocenters. The minimum absolute atomic E-state index is 0.838. The van der Waals surface area contributed by atoms with E-state index >= 15 is 0 Å². The van der Waals surface area contributed by atoms with Gasteiger partial charge in [-0.25, -0.2) is 0 Å². The zero-order chi connectivity index (χ0) is 10.7. The van der Waals surface area contributed by atoms with Gasteiger partial charge in [-0.1, -0.05) is 6.92 Å². The van der Waals surface area contributed by atoms with Crippen LogP contribution in [0.2, 0.25) is 0 Å². The Balaban J connectivity index is 1.88. The van der Waals surface area contributed by atoms with Crippen LogP contribution in [-0.2, 0) is 0 Å². The van der Waals surface area contributed by atoms with Gasteiger partial charge in [-0.15, -0.1) is 0 Å². The Hall–Kier alpha value is -0.0800. The van der Waals surface area contributed by atoms with Crippen LogP contribution in [0.5, 0.6) is 0 Å². The molecule has 1 saturated heterocycles. The largest absolute Gasteiger partial charge is 0.317 e. The van der Waals surface area contributed by atoms with Crippen molar-refractivity contribution in [2.75, 3.05) is 20.1 Å². The Kier molecular flexibility index (Phi) is 4.04. The van der Waals surface area contributed by atoms with Crippen molar-refractivity contribution in [2.45, 2.75) is 57.5 Å². The van der Waals surface area contributed by atoms with Gasteiger partial charge in [0, 0.05) is 12.1 Å². The monoisotopic (exact) mass is 210 g/mol. The van der Waals surface area contributed by atoms with E-state index in [1.54, 1.807) is 0 Å². The summed E-state index contributed by atoms with van der Waals surface area (Å²) in [6.45, 7) is 4.80. The molecule has 0 aromatic rings. The summed E-state index contributed by atoms with van der Waals surface area (Å²) >= 11 is 0. The van der Waals surface area contributed by atoms with Gasteiger partial charge < -0.3 is 10.2 Å². The highest BCUT2D eigenvalue weighted by atomic mass is 15.2. The summed E-state index contributed by atoms with van der Waals surface area (Å²) in [5.41, 5.74) is 0. The fraction of sp³-hybridized carbons (Fsp3) is 1.00. The third-order valence-electron chi connectivity index (χ3n) is 4.23. The summed E-state index contributed by atoms with van der Waals surface area (Å²) in [7, 11) is 2.36. The fourth-order valence-electron chi connectivity index (χ4n) is 3.11. The number of hydrogen-bond donors (Lipinski definition) is 1. The molecule has 2 heteroatoms. The van der Waals surface area contributed by atoms with Gasteiger partial charge >= 0.3 is 0 Å². The van der Waals surface area contributed by atoms with Gasteiger partial charge in [0.2, 0.25) is 0 Å². The van der Waals surface area contributed by atoms with E-state index in [-0.39, 0.29) is 0 Å². The van der Waals surface area contributed by atoms with Crippen LogP contribution in [0.15, 0.2) is 0 Å². The molecule has 88 valence electrons. The Morgan fingerprint density at radius 2 is 2.00 bits per heavy atom. The molecule has 0 aromatic heterocycles. The molecule has 15 heavy (non-hydrogen) atoms. The second kappa shape index (κ2) is 5.31. The Labute approximate surface area is 94.4 Å².